The molecule has 0 bridgehead atoms. The molecule has 0 radical (unpaired) electrons. The predicted octanol–water partition coefficient (Wildman–Crippen LogP) is 2.20. The third-order valence-corrected chi connectivity index (χ3v) is 5.59. The fourth-order valence-corrected chi connectivity index (χ4v) is 3.75. The Hall–Kier alpha value is -1.88. The van der Waals surface area contributed by atoms with E-state index in [1.165, 1.54) is 5.69 Å². The van der Waals surface area contributed by atoms with E-state index in [2.05, 4.69) is 29.3 Å². The standard InChI is InChI=1S/C19H26N2O3/c1-19(10-13-22)8-11-21(12-9-19)15-4-2-14(3-5-15)16-6-7-17(23)20-18(16)24/h2-5,16,22H,6-13H2,1H3,(H,20,23,24). The molecule has 0 spiro atoms. The van der Waals surface area contributed by atoms with Crippen LogP contribution < -0.4 is 10.2 Å². The van der Waals surface area contributed by atoms with Crippen LogP contribution in [0.5, 0.6) is 0 Å². The van der Waals surface area contributed by atoms with Crippen molar-refractivity contribution in [1.29, 1.82) is 0 Å². The summed E-state index contributed by atoms with van der Waals surface area (Å²) in [4.78, 5) is 25.6. The summed E-state index contributed by atoms with van der Waals surface area (Å²) in [5, 5.41) is 11.6. The number of carbonyl (C=O) groups is 2. The monoisotopic (exact) mass is 330 g/mol. The maximum atomic E-state index is 12.0. The number of aliphatic hydroxyl groups excluding tert-OH is 1. The number of anilines is 1. The third-order valence-electron chi connectivity index (χ3n) is 5.59. The molecule has 2 fully saturated rings. The van der Waals surface area contributed by atoms with Gasteiger partial charge < -0.3 is 10.0 Å². The Morgan fingerprint density at radius 1 is 1.21 bits per heavy atom. The van der Waals surface area contributed by atoms with Crippen LogP contribution in [0.25, 0.3) is 0 Å². The van der Waals surface area contributed by atoms with Gasteiger partial charge in [0.2, 0.25) is 11.8 Å². The maximum Gasteiger partial charge on any atom is 0.234 e. The van der Waals surface area contributed by atoms with E-state index in [1.807, 2.05) is 12.1 Å². The van der Waals surface area contributed by atoms with Crippen LogP contribution in [-0.2, 0) is 9.59 Å². The summed E-state index contributed by atoms with van der Waals surface area (Å²) in [6, 6.07) is 8.18. The Morgan fingerprint density at radius 3 is 2.46 bits per heavy atom. The predicted molar refractivity (Wildman–Crippen MR) is 92.8 cm³/mol. The number of amides is 2. The molecule has 5 heteroatoms. The zero-order valence-electron chi connectivity index (χ0n) is 14.3. The summed E-state index contributed by atoms with van der Waals surface area (Å²) >= 11 is 0. The van der Waals surface area contributed by atoms with Crippen molar-refractivity contribution in [2.75, 3.05) is 24.6 Å². The van der Waals surface area contributed by atoms with Gasteiger partial charge in [-0.05, 0) is 48.8 Å². The van der Waals surface area contributed by atoms with E-state index >= 15 is 0 Å². The second-order valence-corrected chi connectivity index (χ2v) is 7.37. The molecule has 2 saturated heterocycles. The number of piperidine rings is 2. The normalized spacial score (nSPS) is 23.9. The van der Waals surface area contributed by atoms with Gasteiger partial charge in [-0.2, -0.15) is 0 Å². The Kier molecular flexibility index (Phi) is 4.90. The van der Waals surface area contributed by atoms with E-state index in [-0.39, 0.29) is 29.8 Å². The van der Waals surface area contributed by atoms with E-state index in [4.69, 9.17) is 0 Å². The largest absolute Gasteiger partial charge is 0.396 e. The van der Waals surface area contributed by atoms with Crippen LogP contribution in [0, 0.1) is 5.41 Å². The molecule has 1 atom stereocenters. The van der Waals surface area contributed by atoms with Crippen molar-refractivity contribution in [1.82, 2.24) is 5.32 Å². The second kappa shape index (κ2) is 6.93. The van der Waals surface area contributed by atoms with Crippen LogP contribution in [-0.4, -0.2) is 36.6 Å². The first kappa shape index (κ1) is 17.0. The Morgan fingerprint density at radius 2 is 1.88 bits per heavy atom. The number of nitrogens with zero attached hydrogens (tertiary/aromatic N) is 1. The quantitative estimate of drug-likeness (QED) is 0.831. The van der Waals surface area contributed by atoms with Gasteiger partial charge in [-0.15, -0.1) is 0 Å². The molecule has 3 rings (SSSR count). The van der Waals surface area contributed by atoms with Crippen molar-refractivity contribution in [2.24, 2.45) is 5.41 Å². The number of hydrogen-bond acceptors (Lipinski definition) is 4. The molecule has 5 nitrogen and oxygen atoms in total. The van der Waals surface area contributed by atoms with Crippen LogP contribution in [0.15, 0.2) is 24.3 Å². The highest BCUT2D eigenvalue weighted by molar-refractivity contribution is 6.00. The number of nitrogens with one attached hydrogen (secondary N) is 1. The molecule has 0 aromatic heterocycles. The summed E-state index contributed by atoms with van der Waals surface area (Å²) in [5.41, 5.74) is 2.40. The summed E-state index contributed by atoms with van der Waals surface area (Å²) in [6.07, 6.45) is 4.04. The van der Waals surface area contributed by atoms with Crippen molar-refractivity contribution < 1.29 is 14.7 Å². The van der Waals surface area contributed by atoms with Crippen molar-refractivity contribution in [3.63, 3.8) is 0 Å². The minimum atomic E-state index is -0.217. The molecule has 2 heterocycles. The molecule has 1 aromatic rings. The van der Waals surface area contributed by atoms with Crippen LogP contribution in [0.2, 0.25) is 0 Å². The molecule has 130 valence electrons. The van der Waals surface area contributed by atoms with Gasteiger partial charge in [0.1, 0.15) is 0 Å². The SMILES string of the molecule is CC1(CCO)CCN(c2ccc(C3CCC(=O)NC3=O)cc2)CC1. The maximum absolute atomic E-state index is 12.0. The number of carbonyl (C=O) groups excluding carboxylic acids is 2. The van der Waals surface area contributed by atoms with E-state index in [0.29, 0.717) is 12.8 Å². The number of aliphatic hydroxyl groups is 1. The smallest absolute Gasteiger partial charge is 0.234 e. The first-order valence-electron chi connectivity index (χ1n) is 8.80. The summed E-state index contributed by atoms with van der Waals surface area (Å²) in [6.45, 7) is 4.51. The second-order valence-electron chi connectivity index (χ2n) is 7.37. The Balaban J connectivity index is 1.63. The molecule has 0 aliphatic carbocycles. The van der Waals surface area contributed by atoms with Gasteiger partial charge in [-0.25, -0.2) is 0 Å². The fraction of sp³-hybridized carbons (Fsp3) is 0.579. The molecule has 1 aromatic carbocycles. The Bertz CT molecular complexity index is 604. The Labute approximate surface area is 143 Å². The van der Waals surface area contributed by atoms with Gasteiger partial charge in [0.05, 0.1) is 5.92 Å². The lowest BCUT2D eigenvalue weighted by Crippen LogP contribution is -2.40. The minimum Gasteiger partial charge on any atom is -0.396 e. The van der Waals surface area contributed by atoms with Gasteiger partial charge in [0.25, 0.3) is 0 Å². The molecule has 2 aliphatic heterocycles. The van der Waals surface area contributed by atoms with Crippen LogP contribution >= 0.6 is 0 Å². The average molecular weight is 330 g/mol. The third kappa shape index (κ3) is 3.61. The van der Waals surface area contributed by atoms with Gasteiger partial charge in [0, 0.05) is 31.8 Å². The lowest BCUT2D eigenvalue weighted by atomic mass is 9.78. The number of rotatable bonds is 4. The van der Waals surface area contributed by atoms with Gasteiger partial charge in [0.15, 0.2) is 0 Å². The molecule has 1 unspecified atom stereocenters. The highest BCUT2D eigenvalue weighted by Gasteiger charge is 2.30. The molecule has 24 heavy (non-hydrogen) atoms. The zero-order valence-corrected chi connectivity index (χ0v) is 14.3. The molecular formula is C19H26N2O3. The lowest BCUT2D eigenvalue weighted by Gasteiger charge is -2.40. The minimum absolute atomic E-state index is 0.174. The van der Waals surface area contributed by atoms with Crippen LogP contribution in [0.1, 0.15) is 50.5 Å². The van der Waals surface area contributed by atoms with Crippen molar-refractivity contribution in [2.45, 2.75) is 44.9 Å². The van der Waals surface area contributed by atoms with Gasteiger partial charge >= 0.3 is 0 Å². The van der Waals surface area contributed by atoms with Crippen molar-refractivity contribution in [3.05, 3.63) is 29.8 Å². The average Bonchev–Trinajstić information content (AvgIpc) is 2.56. The highest BCUT2D eigenvalue weighted by atomic mass is 16.3. The van der Waals surface area contributed by atoms with E-state index in [1.54, 1.807) is 0 Å². The van der Waals surface area contributed by atoms with E-state index in [9.17, 15) is 14.7 Å². The molecule has 2 aliphatic rings. The topological polar surface area (TPSA) is 69.6 Å². The van der Waals surface area contributed by atoms with E-state index < -0.39 is 0 Å². The van der Waals surface area contributed by atoms with E-state index in [0.717, 1.165) is 37.9 Å². The molecule has 2 amide bonds. The first-order chi connectivity index (χ1) is 11.5. The van der Waals surface area contributed by atoms with Gasteiger partial charge in [-0.3, -0.25) is 14.9 Å². The van der Waals surface area contributed by atoms with Crippen molar-refractivity contribution >= 4 is 17.5 Å². The van der Waals surface area contributed by atoms with Gasteiger partial charge in [-0.1, -0.05) is 19.1 Å². The summed E-state index contributed by atoms with van der Waals surface area (Å²) in [5.74, 6) is -0.574. The zero-order chi connectivity index (χ0) is 17.2. The fourth-order valence-electron chi connectivity index (χ4n) is 3.75. The first-order valence-corrected chi connectivity index (χ1v) is 8.80. The lowest BCUT2D eigenvalue weighted by molar-refractivity contribution is -0.134. The van der Waals surface area contributed by atoms with Crippen molar-refractivity contribution in [3.8, 4) is 0 Å². The summed E-state index contributed by atoms with van der Waals surface area (Å²) < 4.78 is 0. The summed E-state index contributed by atoms with van der Waals surface area (Å²) in [7, 11) is 0. The highest BCUT2D eigenvalue weighted by Crippen LogP contribution is 2.36. The number of imide groups is 1. The van der Waals surface area contributed by atoms with Crippen LogP contribution in [0.4, 0.5) is 5.69 Å². The molecule has 2 N–H and O–H groups in total. The number of hydrogen-bond donors (Lipinski definition) is 2. The number of benzene rings is 1. The van der Waals surface area contributed by atoms with Crippen LogP contribution in [0.3, 0.4) is 0 Å². The molecular weight excluding hydrogens is 304 g/mol. The molecule has 0 saturated carbocycles.